The van der Waals surface area contributed by atoms with Gasteiger partial charge >= 0.3 is 0 Å². The number of aromatic amines is 1. The topological polar surface area (TPSA) is 73.4 Å². The largest absolute Gasteiger partial charge is 0.389 e. The van der Waals surface area contributed by atoms with Crippen LogP contribution in [-0.4, -0.2) is 65.7 Å². The third kappa shape index (κ3) is 4.78. The molecule has 2 heterocycles. The molecule has 0 radical (unpaired) electrons. The maximum atomic E-state index is 9.78. The van der Waals surface area contributed by atoms with E-state index in [2.05, 4.69) is 34.3 Å². The number of piperidine rings is 1. The number of aliphatic hydroxyl groups excluding tert-OH is 1. The Labute approximate surface area is 126 Å². The number of β-amino-alcohol motifs (C(OH)–C–C–N with tert-alkyl or cyclic N) is 1. The van der Waals surface area contributed by atoms with E-state index >= 15 is 0 Å². The molecule has 120 valence electrons. The van der Waals surface area contributed by atoms with Crippen molar-refractivity contribution in [2.45, 2.75) is 44.9 Å². The van der Waals surface area contributed by atoms with Gasteiger partial charge in [-0.2, -0.15) is 5.10 Å². The Bertz CT molecular complexity index is 416. The molecule has 0 aromatic carbocycles. The summed E-state index contributed by atoms with van der Waals surface area (Å²) in [5.41, 5.74) is 2.38. The first-order valence-electron chi connectivity index (χ1n) is 7.75. The number of rotatable bonds is 7. The van der Waals surface area contributed by atoms with Crippen LogP contribution in [0.1, 0.15) is 37.1 Å². The zero-order valence-electron chi connectivity index (χ0n) is 13.3. The number of ether oxygens (including phenoxy) is 1. The lowest BCUT2D eigenvalue weighted by Gasteiger charge is -2.34. The Morgan fingerprint density at radius 1 is 1.52 bits per heavy atom. The number of likely N-dealkylation sites (tertiary alicyclic amines) is 1. The SMILES string of the molecule is COCC(O)CN1CCC(NC(C)c2cn[nH]c2C)CC1. The highest BCUT2D eigenvalue weighted by atomic mass is 16.5. The number of aryl methyl sites for hydroxylation is 1. The highest BCUT2D eigenvalue weighted by molar-refractivity contribution is 5.18. The minimum atomic E-state index is -0.382. The van der Waals surface area contributed by atoms with Crippen molar-refractivity contribution >= 4 is 0 Å². The number of methoxy groups -OCH3 is 1. The molecule has 21 heavy (non-hydrogen) atoms. The Morgan fingerprint density at radius 3 is 2.81 bits per heavy atom. The molecule has 2 rings (SSSR count). The van der Waals surface area contributed by atoms with Crippen LogP contribution >= 0.6 is 0 Å². The van der Waals surface area contributed by atoms with Crippen molar-refractivity contribution in [3.63, 3.8) is 0 Å². The molecular weight excluding hydrogens is 268 g/mol. The summed E-state index contributed by atoms with van der Waals surface area (Å²) in [4.78, 5) is 2.32. The average molecular weight is 296 g/mol. The first-order valence-corrected chi connectivity index (χ1v) is 7.75. The predicted octanol–water partition coefficient (Wildman–Crippen LogP) is 0.840. The lowest BCUT2D eigenvalue weighted by atomic mass is 10.0. The fraction of sp³-hybridized carbons (Fsp3) is 0.800. The maximum Gasteiger partial charge on any atom is 0.0900 e. The number of H-pyrrole nitrogens is 1. The van der Waals surface area contributed by atoms with Crippen LogP contribution in [0.2, 0.25) is 0 Å². The fourth-order valence-corrected chi connectivity index (χ4v) is 3.07. The summed E-state index contributed by atoms with van der Waals surface area (Å²) in [5, 5.41) is 20.5. The highest BCUT2D eigenvalue weighted by Gasteiger charge is 2.23. The third-order valence-corrected chi connectivity index (χ3v) is 4.24. The van der Waals surface area contributed by atoms with Gasteiger partial charge in [0, 0.05) is 37.0 Å². The van der Waals surface area contributed by atoms with Crippen molar-refractivity contribution in [3.8, 4) is 0 Å². The first-order chi connectivity index (χ1) is 10.1. The van der Waals surface area contributed by atoms with Crippen LogP contribution < -0.4 is 5.32 Å². The predicted molar refractivity (Wildman–Crippen MR) is 82.2 cm³/mol. The number of aromatic nitrogens is 2. The van der Waals surface area contributed by atoms with E-state index in [4.69, 9.17) is 4.74 Å². The number of hydrogen-bond acceptors (Lipinski definition) is 5. The molecule has 0 saturated carbocycles. The summed E-state index contributed by atoms with van der Waals surface area (Å²) in [6.45, 7) is 7.41. The van der Waals surface area contributed by atoms with Gasteiger partial charge in [0.25, 0.3) is 0 Å². The van der Waals surface area contributed by atoms with Gasteiger partial charge in [0.1, 0.15) is 0 Å². The normalized spacial score (nSPS) is 20.6. The van der Waals surface area contributed by atoms with Gasteiger partial charge in [0.2, 0.25) is 0 Å². The van der Waals surface area contributed by atoms with Crippen molar-refractivity contribution in [2.24, 2.45) is 0 Å². The smallest absolute Gasteiger partial charge is 0.0900 e. The molecule has 0 bridgehead atoms. The van der Waals surface area contributed by atoms with Crippen LogP contribution in [-0.2, 0) is 4.74 Å². The molecular formula is C15H28N4O2. The molecule has 3 N–H and O–H groups in total. The van der Waals surface area contributed by atoms with Gasteiger partial charge in [-0.3, -0.25) is 5.10 Å². The molecule has 0 spiro atoms. The second kappa shape index (κ2) is 7.89. The number of nitrogens with one attached hydrogen (secondary N) is 2. The number of hydrogen-bond donors (Lipinski definition) is 3. The Morgan fingerprint density at radius 2 is 2.24 bits per heavy atom. The van der Waals surface area contributed by atoms with E-state index in [1.54, 1.807) is 7.11 Å². The van der Waals surface area contributed by atoms with Crippen molar-refractivity contribution in [2.75, 3.05) is 33.4 Å². The van der Waals surface area contributed by atoms with E-state index in [0.717, 1.165) is 31.6 Å². The second-order valence-corrected chi connectivity index (χ2v) is 6.02. The molecule has 2 atom stereocenters. The van der Waals surface area contributed by atoms with Gasteiger partial charge in [-0.25, -0.2) is 0 Å². The first kappa shape index (κ1) is 16.4. The minimum Gasteiger partial charge on any atom is -0.389 e. The van der Waals surface area contributed by atoms with E-state index in [9.17, 15) is 5.11 Å². The van der Waals surface area contributed by atoms with Gasteiger partial charge in [0.05, 0.1) is 18.9 Å². The van der Waals surface area contributed by atoms with E-state index in [1.165, 1.54) is 5.56 Å². The molecule has 1 saturated heterocycles. The summed E-state index contributed by atoms with van der Waals surface area (Å²) in [6, 6.07) is 0.851. The number of nitrogens with zero attached hydrogens (tertiary/aromatic N) is 2. The van der Waals surface area contributed by atoms with Crippen LogP contribution in [0.5, 0.6) is 0 Å². The fourth-order valence-electron chi connectivity index (χ4n) is 3.07. The van der Waals surface area contributed by atoms with Gasteiger partial charge in [-0.15, -0.1) is 0 Å². The molecule has 1 aromatic rings. The summed E-state index contributed by atoms with van der Waals surface area (Å²) in [7, 11) is 1.62. The monoisotopic (exact) mass is 296 g/mol. The quantitative estimate of drug-likeness (QED) is 0.695. The molecule has 1 fully saturated rings. The van der Waals surface area contributed by atoms with Crippen molar-refractivity contribution < 1.29 is 9.84 Å². The molecule has 1 aliphatic rings. The zero-order chi connectivity index (χ0) is 15.2. The van der Waals surface area contributed by atoms with Crippen molar-refractivity contribution in [1.82, 2.24) is 20.4 Å². The van der Waals surface area contributed by atoms with Gasteiger partial charge < -0.3 is 20.1 Å². The summed E-state index contributed by atoms with van der Waals surface area (Å²) >= 11 is 0. The minimum absolute atomic E-state index is 0.319. The molecule has 2 unspecified atom stereocenters. The van der Waals surface area contributed by atoms with E-state index in [-0.39, 0.29) is 6.10 Å². The van der Waals surface area contributed by atoms with Gasteiger partial charge in [0.15, 0.2) is 0 Å². The van der Waals surface area contributed by atoms with E-state index < -0.39 is 0 Å². The summed E-state index contributed by atoms with van der Waals surface area (Å²) < 4.78 is 4.97. The third-order valence-electron chi connectivity index (χ3n) is 4.24. The molecule has 0 aliphatic carbocycles. The molecule has 1 aromatic heterocycles. The van der Waals surface area contributed by atoms with Crippen molar-refractivity contribution in [3.05, 3.63) is 17.5 Å². The maximum absolute atomic E-state index is 9.78. The van der Waals surface area contributed by atoms with Crippen LogP contribution in [0.3, 0.4) is 0 Å². The average Bonchev–Trinajstić information content (AvgIpc) is 2.87. The van der Waals surface area contributed by atoms with Gasteiger partial charge in [-0.05, 0) is 39.8 Å². The van der Waals surface area contributed by atoms with Crippen molar-refractivity contribution in [1.29, 1.82) is 0 Å². The second-order valence-electron chi connectivity index (χ2n) is 6.02. The lowest BCUT2D eigenvalue weighted by molar-refractivity contribution is 0.0308. The van der Waals surface area contributed by atoms with Gasteiger partial charge in [-0.1, -0.05) is 0 Å². The standard InChI is InChI=1S/C15H28N4O2/c1-11(15-8-16-18-12(15)2)17-13-4-6-19(7-5-13)9-14(20)10-21-3/h8,11,13-14,17,20H,4-7,9-10H2,1-3H3,(H,16,18). The Kier molecular flexibility index (Phi) is 6.17. The molecule has 6 heteroatoms. The number of aliphatic hydroxyl groups is 1. The zero-order valence-corrected chi connectivity index (χ0v) is 13.3. The molecule has 0 amide bonds. The Hall–Kier alpha value is -0.950. The van der Waals surface area contributed by atoms with Crippen LogP contribution in [0, 0.1) is 6.92 Å². The van der Waals surface area contributed by atoms with Crippen LogP contribution in [0.25, 0.3) is 0 Å². The lowest BCUT2D eigenvalue weighted by Crippen LogP contribution is -2.46. The summed E-state index contributed by atoms with van der Waals surface area (Å²) in [6.07, 6.45) is 3.75. The Balaban J connectivity index is 1.73. The van der Waals surface area contributed by atoms with E-state index in [1.807, 2.05) is 6.20 Å². The highest BCUT2D eigenvalue weighted by Crippen LogP contribution is 2.18. The molecule has 1 aliphatic heterocycles. The molecule has 6 nitrogen and oxygen atoms in total. The van der Waals surface area contributed by atoms with Crippen LogP contribution in [0.15, 0.2) is 6.20 Å². The van der Waals surface area contributed by atoms with Crippen LogP contribution in [0.4, 0.5) is 0 Å². The van der Waals surface area contributed by atoms with E-state index in [0.29, 0.717) is 25.2 Å². The summed E-state index contributed by atoms with van der Waals surface area (Å²) in [5.74, 6) is 0.